The fourth-order valence-corrected chi connectivity index (χ4v) is 3.64. The van der Waals surface area contributed by atoms with Crippen molar-refractivity contribution in [2.45, 2.75) is 32.7 Å². The number of nitro groups is 1. The van der Waals surface area contributed by atoms with Crippen LogP contribution >= 0.6 is 0 Å². The van der Waals surface area contributed by atoms with Gasteiger partial charge >= 0.3 is 0 Å². The van der Waals surface area contributed by atoms with Crippen molar-refractivity contribution in [3.8, 4) is 0 Å². The maximum absolute atomic E-state index is 12.1. The third kappa shape index (κ3) is 5.04. The number of rotatable bonds is 7. The van der Waals surface area contributed by atoms with E-state index in [0.29, 0.717) is 25.2 Å². The van der Waals surface area contributed by atoms with Crippen LogP contribution < -0.4 is 10.2 Å². The van der Waals surface area contributed by atoms with E-state index in [-0.39, 0.29) is 22.6 Å². The van der Waals surface area contributed by atoms with Crippen LogP contribution in [0, 0.1) is 10.1 Å². The molecule has 0 bridgehead atoms. The van der Waals surface area contributed by atoms with Crippen LogP contribution in [0.1, 0.15) is 38.3 Å². The maximum atomic E-state index is 12.1. The van der Waals surface area contributed by atoms with Crippen LogP contribution in [0.4, 0.5) is 17.1 Å². The zero-order valence-corrected chi connectivity index (χ0v) is 17.0. The lowest BCUT2D eigenvalue weighted by molar-refractivity contribution is -0.384. The van der Waals surface area contributed by atoms with E-state index in [2.05, 4.69) is 10.2 Å². The van der Waals surface area contributed by atoms with Crippen molar-refractivity contribution < 1.29 is 9.72 Å². The molecular weight excluding hydrogens is 368 g/mol. The van der Waals surface area contributed by atoms with Crippen LogP contribution in [-0.2, 0) is 4.79 Å². The highest BCUT2D eigenvalue weighted by Crippen LogP contribution is 2.32. The maximum Gasteiger partial charge on any atom is 0.292 e. The van der Waals surface area contributed by atoms with E-state index in [1.165, 1.54) is 0 Å². The molecule has 1 atom stereocenters. The molecule has 1 aliphatic rings. The van der Waals surface area contributed by atoms with Gasteiger partial charge in [0.05, 0.1) is 4.92 Å². The zero-order valence-electron chi connectivity index (χ0n) is 17.0. The molecule has 2 aromatic carbocycles. The summed E-state index contributed by atoms with van der Waals surface area (Å²) >= 11 is 0. The van der Waals surface area contributed by atoms with Crippen molar-refractivity contribution in [3.05, 3.63) is 64.2 Å². The van der Waals surface area contributed by atoms with E-state index in [1.807, 2.05) is 55.1 Å². The molecule has 0 saturated carbocycles. The van der Waals surface area contributed by atoms with Crippen molar-refractivity contribution in [2.75, 3.05) is 36.4 Å². The fourth-order valence-electron chi connectivity index (χ4n) is 3.64. The van der Waals surface area contributed by atoms with Gasteiger partial charge in [-0.25, -0.2) is 0 Å². The van der Waals surface area contributed by atoms with E-state index in [9.17, 15) is 14.9 Å². The van der Waals surface area contributed by atoms with Crippen molar-refractivity contribution in [1.82, 2.24) is 4.90 Å². The second-order valence-corrected chi connectivity index (χ2v) is 7.35. The highest BCUT2D eigenvalue weighted by Gasteiger charge is 2.23. The number of hydrogen-bond acceptors (Lipinski definition) is 5. The summed E-state index contributed by atoms with van der Waals surface area (Å²) in [5.41, 5.74) is 2.57. The Bertz CT molecular complexity index is 848. The monoisotopic (exact) mass is 396 g/mol. The minimum Gasteiger partial charge on any atom is -0.373 e. The topological polar surface area (TPSA) is 78.7 Å². The molecule has 7 nitrogen and oxygen atoms in total. The standard InChI is InChI=1S/C22H28N4O3/c1-3-7-22(27)25-14-12-24(13-15-25)19-10-11-21(26(28)29)20(16-19)23-17(2)18-8-5-4-6-9-18/h4-6,8-11,16-17,23H,3,7,12-15H2,1-2H3/t17-/m0/s1. The molecule has 7 heteroatoms. The molecule has 29 heavy (non-hydrogen) atoms. The third-order valence-electron chi connectivity index (χ3n) is 5.31. The summed E-state index contributed by atoms with van der Waals surface area (Å²) in [4.78, 5) is 27.3. The van der Waals surface area contributed by atoms with Crippen LogP contribution in [-0.4, -0.2) is 41.9 Å². The van der Waals surface area contributed by atoms with E-state index in [4.69, 9.17) is 0 Å². The minimum absolute atomic E-state index is 0.0614. The van der Waals surface area contributed by atoms with Crippen LogP contribution in [0.15, 0.2) is 48.5 Å². The quantitative estimate of drug-likeness (QED) is 0.560. The van der Waals surface area contributed by atoms with Gasteiger partial charge in [-0.2, -0.15) is 0 Å². The SMILES string of the molecule is CCCC(=O)N1CCN(c2ccc([N+](=O)[O-])c(N[C@@H](C)c3ccccc3)c2)CC1. The van der Waals surface area contributed by atoms with Gasteiger partial charge in [-0.3, -0.25) is 14.9 Å². The molecule has 0 aromatic heterocycles. The molecule has 0 unspecified atom stereocenters. The molecule has 1 heterocycles. The number of carbonyl (C=O) groups excluding carboxylic acids is 1. The predicted molar refractivity (Wildman–Crippen MR) is 115 cm³/mol. The van der Waals surface area contributed by atoms with E-state index in [0.717, 1.165) is 30.8 Å². The number of nitrogens with one attached hydrogen (secondary N) is 1. The average molecular weight is 396 g/mol. The summed E-state index contributed by atoms with van der Waals surface area (Å²) in [5.74, 6) is 0.204. The van der Waals surface area contributed by atoms with Gasteiger partial charge in [-0.1, -0.05) is 37.3 Å². The highest BCUT2D eigenvalue weighted by molar-refractivity contribution is 5.76. The lowest BCUT2D eigenvalue weighted by Gasteiger charge is -2.36. The van der Waals surface area contributed by atoms with Crippen LogP contribution in [0.2, 0.25) is 0 Å². The lowest BCUT2D eigenvalue weighted by atomic mass is 10.1. The van der Waals surface area contributed by atoms with Gasteiger partial charge < -0.3 is 15.1 Å². The summed E-state index contributed by atoms with van der Waals surface area (Å²) in [5, 5.41) is 14.8. The molecule has 1 fully saturated rings. The van der Waals surface area contributed by atoms with Crippen molar-refractivity contribution in [3.63, 3.8) is 0 Å². The second-order valence-electron chi connectivity index (χ2n) is 7.35. The van der Waals surface area contributed by atoms with Gasteiger partial charge in [-0.15, -0.1) is 0 Å². The second kappa shape index (κ2) is 9.41. The van der Waals surface area contributed by atoms with Crippen LogP contribution in [0.5, 0.6) is 0 Å². The molecule has 0 spiro atoms. The van der Waals surface area contributed by atoms with Gasteiger partial charge in [0, 0.05) is 50.4 Å². The van der Waals surface area contributed by atoms with Crippen molar-refractivity contribution in [1.29, 1.82) is 0 Å². The third-order valence-corrected chi connectivity index (χ3v) is 5.31. The van der Waals surface area contributed by atoms with Crippen LogP contribution in [0.25, 0.3) is 0 Å². The average Bonchev–Trinajstić information content (AvgIpc) is 2.74. The normalized spacial score (nSPS) is 15.1. The van der Waals surface area contributed by atoms with Crippen molar-refractivity contribution in [2.24, 2.45) is 0 Å². The number of nitrogens with zero attached hydrogens (tertiary/aromatic N) is 3. The first kappa shape index (κ1) is 20.6. The Labute approximate surface area is 171 Å². The number of piperazine rings is 1. The van der Waals surface area contributed by atoms with E-state index >= 15 is 0 Å². The molecule has 0 radical (unpaired) electrons. The Kier molecular flexibility index (Phi) is 6.69. The molecule has 1 N–H and O–H groups in total. The number of anilines is 2. The fraction of sp³-hybridized carbons (Fsp3) is 0.409. The number of hydrogen-bond donors (Lipinski definition) is 1. The molecule has 3 rings (SSSR count). The number of benzene rings is 2. The first-order valence-electron chi connectivity index (χ1n) is 10.1. The molecule has 1 amide bonds. The Hall–Kier alpha value is -3.09. The molecule has 154 valence electrons. The molecule has 1 saturated heterocycles. The van der Waals surface area contributed by atoms with Crippen LogP contribution in [0.3, 0.4) is 0 Å². The van der Waals surface area contributed by atoms with E-state index < -0.39 is 0 Å². The van der Waals surface area contributed by atoms with Gasteiger partial charge in [0.2, 0.25) is 5.91 Å². The lowest BCUT2D eigenvalue weighted by Crippen LogP contribution is -2.48. The number of nitro benzene ring substituents is 1. The molecular formula is C22H28N4O3. The predicted octanol–water partition coefficient (Wildman–Crippen LogP) is 4.22. The largest absolute Gasteiger partial charge is 0.373 e. The Morgan fingerprint density at radius 1 is 1.14 bits per heavy atom. The van der Waals surface area contributed by atoms with E-state index in [1.54, 1.807) is 12.1 Å². The van der Waals surface area contributed by atoms with Gasteiger partial charge in [0.25, 0.3) is 5.69 Å². The first-order chi connectivity index (χ1) is 14.0. The summed E-state index contributed by atoms with van der Waals surface area (Å²) in [6, 6.07) is 15.0. The number of amides is 1. The molecule has 0 aliphatic carbocycles. The molecule has 2 aromatic rings. The van der Waals surface area contributed by atoms with Gasteiger partial charge in [0.1, 0.15) is 5.69 Å². The highest BCUT2D eigenvalue weighted by atomic mass is 16.6. The Morgan fingerprint density at radius 2 is 1.83 bits per heavy atom. The zero-order chi connectivity index (χ0) is 20.8. The first-order valence-corrected chi connectivity index (χ1v) is 10.1. The minimum atomic E-state index is -0.356. The summed E-state index contributed by atoms with van der Waals surface area (Å²) in [6.07, 6.45) is 1.44. The Balaban J connectivity index is 1.75. The van der Waals surface area contributed by atoms with Crippen molar-refractivity contribution >= 4 is 23.0 Å². The Morgan fingerprint density at radius 3 is 2.45 bits per heavy atom. The summed E-state index contributed by atoms with van der Waals surface area (Å²) < 4.78 is 0. The number of carbonyl (C=O) groups is 1. The summed E-state index contributed by atoms with van der Waals surface area (Å²) in [7, 11) is 0. The van der Waals surface area contributed by atoms with Gasteiger partial charge in [-0.05, 0) is 31.0 Å². The molecule has 1 aliphatic heterocycles. The summed E-state index contributed by atoms with van der Waals surface area (Å²) in [6.45, 7) is 6.81. The smallest absolute Gasteiger partial charge is 0.292 e. The van der Waals surface area contributed by atoms with Gasteiger partial charge in [0.15, 0.2) is 0 Å².